The quantitative estimate of drug-likeness (QED) is 0.524. The first-order valence-electron chi connectivity index (χ1n) is 1.08. The summed E-state index contributed by atoms with van der Waals surface area (Å²) in [5.74, 6) is 0. The average Bonchev–Trinajstić information content (AvgIpc) is 1.33. The Labute approximate surface area is 109 Å². The smallest absolute Gasteiger partial charge is 1.00 e. The molecule has 0 bridgehead atoms. The number of nitrogens with zero attached hydrogens (tertiary/aromatic N) is 1. The number of nitriles is 1. The zero-order valence-electron chi connectivity index (χ0n) is 4.40. The molecule has 0 N–H and O–H groups in total. The van der Waals surface area contributed by atoms with E-state index in [0.29, 0.717) is 0 Å². The SMILES string of the molecule is CC#N.[Cl][Pt-]([Cl])[Cl].[K+]. The first kappa shape index (κ1) is 17.0. The fraction of sp³-hybridized carbons (Fsp3) is 0.500. The minimum Gasteiger partial charge on any atom is 1.00 e. The maximum Gasteiger partial charge on any atom is 1.00 e. The van der Waals surface area contributed by atoms with Crippen molar-refractivity contribution in [2.45, 2.75) is 6.92 Å². The van der Waals surface area contributed by atoms with Gasteiger partial charge in [-0.25, -0.2) is 0 Å². The molecule has 0 aliphatic heterocycles. The Morgan fingerprint density at radius 1 is 1.38 bits per heavy atom. The van der Waals surface area contributed by atoms with Crippen molar-refractivity contribution in [3.05, 3.63) is 0 Å². The third kappa shape index (κ3) is 71.2. The molecule has 0 aliphatic rings. The van der Waals surface area contributed by atoms with Crippen LogP contribution in [0.2, 0.25) is 0 Å². The normalized spacial score (nSPS) is 6.62. The second-order valence-corrected chi connectivity index (χ2v) is 10.2. The monoisotopic (exact) mass is 380 g/mol. The van der Waals surface area contributed by atoms with Crippen molar-refractivity contribution in [3.8, 4) is 6.07 Å². The van der Waals surface area contributed by atoms with Gasteiger partial charge in [-0.05, 0) is 0 Å². The van der Waals surface area contributed by atoms with Crippen LogP contribution in [0.3, 0.4) is 0 Å². The molecule has 0 aromatic carbocycles. The fourth-order valence-electron chi connectivity index (χ4n) is 0. The van der Waals surface area contributed by atoms with E-state index in [4.69, 9.17) is 33.5 Å². The maximum absolute atomic E-state index is 7.32. The Morgan fingerprint density at radius 3 is 1.38 bits per heavy atom. The summed E-state index contributed by atoms with van der Waals surface area (Å²) >= 11 is -1.85. The van der Waals surface area contributed by atoms with E-state index in [1.807, 2.05) is 0 Å². The zero-order valence-corrected chi connectivity index (χ0v) is 12.1. The fourth-order valence-corrected chi connectivity index (χ4v) is 0. The molecular weight excluding hydrogens is 379 g/mol. The van der Waals surface area contributed by atoms with Crippen LogP contribution in [-0.2, 0) is 14.2 Å². The largest absolute Gasteiger partial charge is 1.00 e. The third-order valence-corrected chi connectivity index (χ3v) is 0. The van der Waals surface area contributed by atoms with Crippen LogP contribution in [0, 0.1) is 11.3 Å². The van der Waals surface area contributed by atoms with E-state index < -0.39 is 14.2 Å². The van der Waals surface area contributed by atoms with Crippen LogP contribution in [0.4, 0.5) is 0 Å². The molecule has 0 spiro atoms. The van der Waals surface area contributed by atoms with Gasteiger partial charge >= 0.3 is 93.8 Å². The van der Waals surface area contributed by atoms with Gasteiger partial charge in [0.15, 0.2) is 0 Å². The molecule has 0 rings (SSSR count). The molecule has 0 radical (unpaired) electrons. The maximum atomic E-state index is 7.32. The van der Waals surface area contributed by atoms with Crippen molar-refractivity contribution >= 4 is 28.3 Å². The Kier molecular flexibility index (Phi) is 34.7. The van der Waals surface area contributed by atoms with Gasteiger partial charge in [-0.3, -0.25) is 0 Å². The predicted octanol–water partition coefficient (Wildman–Crippen LogP) is -0.400. The van der Waals surface area contributed by atoms with Gasteiger partial charge < -0.3 is 0 Å². The van der Waals surface area contributed by atoms with E-state index in [2.05, 4.69) is 0 Å². The molecule has 8 heavy (non-hydrogen) atoms. The molecule has 6 heteroatoms. The van der Waals surface area contributed by atoms with E-state index >= 15 is 0 Å². The molecule has 0 aromatic heterocycles. The van der Waals surface area contributed by atoms with Crippen LogP contribution in [-0.4, -0.2) is 0 Å². The van der Waals surface area contributed by atoms with Gasteiger partial charge in [0.2, 0.25) is 0 Å². The Balaban J connectivity index is -0.0000000575. The third-order valence-electron chi connectivity index (χ3n) is 0. The first-order valence-corrected chi connectivity index (χ1v) is 9.53. The second-order valence-electron chi connectivity index (χ2n) is 0.359. The van der Waals surface area contributed by atoms with Gasteiger partial charge in [-0.15, -0.1) is 0 Å². The van der Waals surface area contributed by atoms with Crippen LogP contribution in [0.5, 0.6) is 0 Å². The minimum absolute atomic E-state index is 0. The van der Waals surface area contributed by atoms with E-state index in [-0.39, 0.29) is 51.4 Å². The molecular formula is C2H3Cl3KNPt. The minimum atomic E-state index is -1.85. The molecule has 0 aromatic rings. The van der Waals surface area contributed by atoms with Crippen LogP contribution in [0.25, 0.3) is 0 Å². The predicted molar refractivity (Wildman–Crippen MR) is 28.8 cm³/mol. The summed E-state index contributed by atoms with van der Waals surface area (Å²) in [6.07, 6.45) is 0. The van der Waals surface area contributed by atoms with E-state index in [1.165, 1.54) is 6.92 Å². The van der Waals surface area contributed by atoms with Gasteiger partial charge in [-0.1, -0.05) is 0 Å². The number of halogens is 3. The molecule has 0 heterocycles. The summed E-state index contributed by atoms with van der Waals surface area (Å²) in [4.78, 5) is 0. The standard InChI is InChI=1S/C2H3N.3ClH.K.Pt/c1-2-3;;;;;/h1H3;3*1H;;/q;;;;+1;+2/p-3. The van der Waals surface area contributed by atoms with Crippen molar-refractivity contribution in [2.75, 3.05) is 0 Å². The average molecular weight is 382 g/mol. The topological polar surface area (TPSA) is 23.8 Å². The molecule has 0 atom stereocenters. The van der Waals surface area contributed by atoms with Gasteiger partial charge in [0.25, 0.3) is 0 Å². The summed E-state index contributed by atoms with van der Waals surface area (Å²) < 4.78 is 0. The Bertz CT molecular complexity index is 60.0. The molecule has 0 amide bonds. The Hall–Kier alpha value is 2.68. The van der Waals surface area contributed by atoms with Gasteiger partial charge in [0.05, 0.1) is 6.07 Å². The zero-order chi connectivity index (χ0) is 6.28. The molecule has 48 valence electrons. The van der Waals surface area contributed by atoms with Crippen LogP contribution < -0.4 is 51.4 Å². The van der Waals surface area contributed by atoms with Crippen molar-refractivity contribution in [2.24, 2.45) is 0 Å². The van der Waals surface area contributed by atoms with E-state index in [1.54, 1.807) is 6.07 Å². The van der Waals surface area contributed by atoms with Crippen LogP contribution in [0.1, 0.15) is 6.92 Å². The molecule has 0 saturated heterocycles. The van der Waals surface area contributed by atoms with Crippen molar-refractivity contribution in [3.63, 3.8) is 0 Å². The van der Waals surface area contributed by atoms with Crippen molar-refractivity contribution in [1.29, 1.82) is 5.26 Å². The van der Waals surface area contributed by atoms with Crippen LogP contribution in [0.15, 0.2) is 0 Å². The molecule has 0 fully saturated rings. The van der Waals surface area contributed by atoms with Gasteiger partial charge in [0, 0.05) is 6.92 Å². The molecule has 0 aliphatic carbocycles. The molecule has 0 unspecified atom stereocenters. The van der Waals surface area contributed by atoms with Gasteiger partial charge in [-0.2, -0.15) is 5.26 Å². The number of hydrogen-bond donors (Lipinski definition) is 0. The summed E-state index contributed by atoms with van der Waals surface area (Å²) in [5.41, 5.74) is 0. The van der Waals surface area contributed by atoms with Crippen molar-refractivity contribution in [1.82, 2.24) is 0 Å². The van der Waals surface area contributed by atoms with E-state index in [9.17, 15) is 0 Å². The summed E-state index contributed by atoms with van der Waals surface area (Å²) in [5, 5.41) is 7.32. The summed E-state index contributed by atoms with van der Waals surface area (Å²) in [7, 11) is 14.9. The number of rotatable bonds is 0. The van der Waals surface area contributed by atoms with Gasteiger partial charge in [0.1, 0.15) is 0 Å². The summed E-state index contributed by atoms with van der Waals surface area (Å²) in [6, 6.07) is 1.75. The van der Waals surface area contributed by atoms with Crippen LogP contribution >= 0.6 is 28.3 Å². The van der Waals surface area contributed by atoms with Crippen molar-refractivity contribution < 1.29 is 65.6 Å². The second kappa shape index (κ2) is 16.3. The molecule has 0 saturated carbocycles. The first-order chi connectivity index (χ1) is 3.15. The van der Waals surface area contributed by atoms with E-state index in [0.717, 1.165) is 0 Å². The summed E-state index contributed by atoms with van der Waals surface area (Å²) in [6.45, 7) is 1.43. The molecule has 1 nitrogen and oxygen atoms in total. The number of hydrogen-bond acceptors (Lipinski definition) is 1. The Morgan fingerprint density at radius 2 is 1.38 bits per heavy atom.